The first-order chi connectivity index (χ1) is 10.3. The van der Waals surface area contributed by atoms with Gasteiger partial charge in [0.1, 0.15) is 0 Å². The number of nitrogens with one attached hydrogen (secondary N) is 2. The number of benzene rings is 1. The van der Waals surface area contributed by atoms with E-state index in [1.807, 2.05) is 37.3 Å². The predicted molar refractivity (Wildman–Crippen MR) is 90.0 cm³/mol. The minimum Gasteiger partial charge on any atom is -0.321 e. The van der Waals surface area contributed by atoms with E-state index in [1.54, 1.807) is 6.07 Å². The molecule has 0 unspecified atom stereocenters. The molecule has 0 radical (unpaired) electrons. The third-order valence-corrected chi connectivity index (χ3v) is 4.77. The molecular weight excluding hydrogens is 320 g/mol. The Morgan fingerprint density at radius 1 is 1.23 bits per heavy atom. The lowest BCUT2D eigenvalue weighted by Gasteiger charge is -2.04. The molecule has 118 valence electrons. The maximum absolute atomic E-state index is 12.2. The second-order valence-electron chi connectivity index (χ2n) is 5.01. The molecule has 0 atom stereocenters. The summed E-state index contributed by atoms with van der Waals surface area (Å²) in [6.07, 6.45) is 1.69. The van der Waals surface area contributed by atoms with E-state index >= 15 is 0 Å². The fourth-order valence-corrected chi connectivity index (χ4v) is 3.28. The molecule has 1 aromatic carbocycles. The van der Waals surface area contributed by atoms with E-state index in [4.69, 9.17) is 0 Å². The van der Waals surface area contributed by atoms with Gasteiger partial charge in [-0.2, -0.15) is 0 Å². The average Bonchev–Trinajstić information content (AvgIpc) is 2.86. The lowest BCUT2D eigenvalue weighted by Crippen LogP contribution is -2.24. The maximum atomic E-state index is 12.2. The van der Waals surface area contributed by atoms with Gasteiger partial charge in [0.15, 0.2) is 0 Å². The van der Waals surface area contributed by atoms with E-state index in [9.17, 15) is 13.2 Å². The summed E-state index contributed by atoms with van der Waals surface area (Å²) in [6.45, 7) is 2.30. The van der Waals surface area contributed by atoms with Gasteiger partial charge in [0.05, 0.1) is 11.1 Å². The maximum Gasteiger partial charge on any atom is 0.265 e. The summed E-state index contributed by atoms with van der Waals surface area (Å²) in [4.78, 5) is 13.7. The summed E-state index contributed by atoms with van der Waals surface area (Å²) in [6, 6.07) is 11.2. The van der Waals surface area contributed by atoms with Crippen LogP contribution in [0.1, 0.15) is 20.1 Å². The van der Waals surface area contributed by atoms with Gasteiger partial charge in [-0.1, -0.05) is 12.1 Å². The Kier molecular flexibility index (Phi) is 5.33. The predicted octanol–water partition coefficient (Wildman–Crippen LogP) is 2.40. The number of hydrogen-bond donors (Lipinski definition) is 2. The minimum atomic E-state index is -3.17. The smallest absolute Gasteiger partial charge is 0.265 e. The van der Waals surface area contributed by atoms with Gasteiger partial charge in [0, 0.05) is 17.1 Å². The number of hydrogen-bond acceptors (Lipinski definition) is 4. The highest BCUT2D eigenvalue weighted by molar-refractivity contribution is 7.88. The lowest BCUT2D eigenvalue weighted by molar-refractivity contribution is 0.103. The van der Waals surface area contributed by atoms with Crippen LogP contribution in [0.3, 0.4) is 0 Å². The van der Waals surface area contributed by atoms with Gasteiger partial charge in [-0.25, -0.2) is 13.1 Å². The van der Waals surface area contributed by atoms with Gasteiger partial charge >= 0.3 is 0 Å². The van der Waals surface area contributed by atoms with Crippen molar-refractivity contribution < 1.29 is 13.2 Å². The Hall–Kier alpha value is -1.70. The fourth-order valence-electron chi connectivity index (χ4n) is 1.91. The SMILES string of the molecule is Cc1cccc(NC(=O)c2ccc(CCNS(C)(=O)=O)s2)c1. The normalized spacial score (nSPS) is 11.4. The third kappa shape index (κ3) is 5.25. The zero-order valence-corrected chi connectivity index (χ0v) is 14.1. The molecule has 0 saturated carbocycles. The van der Waals surface area contributed by atoms with Gasteiger partial charge in [-0.15, -0.1) is 11.3 Å². The molecule has 2 N–H and O–H groups in total. The van der Waals surface area contributed by atoms with Crippen molar-refractivity contribution in [1.82, 2.24) is 4.72 Å². The van der Waals surface area contributed by atoms with Crippen LogP contribution in [0, 0.1) is 6.92 Å². The van der Waals surface area contributed by atoms with E-state index in [2.05, 4.69) is 10.0 Å². The summed E-state index contributed by atoms with van der Waals surface area (Å²) in [5.74, 6) is -0.155. The van der Waals surface area contributed by atoms with Crippen LogP contribution in [0.4, 0.5) is 5.69 Å². The summed E-state index contributed by atoms with van der Waals surface area (Å²) in [5, 5.41) is 2.85. The molecule has 1 heterocycles. The number of carbonyl (C=O) groups excluding carboxylic acids is 1. The van der Waals surface area contributed by atoms with Crippen molar-refractivity contribution in [2.75, 3.05) is 18.1 Å². The first-order valence-electron chi connectivity index (χ1n) is 6.75. The molecule has 0 aliphatic heterocycles. The van der Waals surface area contributed by atoms with E-state index in [0.29, 0.717) is 17.8 Å². The van der Waals surface area contributed by atoms with Gasteiger partial charge in [-0.05, 0) is 43.2 Å². The Labute approximate surface area is 134 Å². The Morgan fingerprint density at radius 3 is 2.68 bits per heavy atom. The van der Waals surface area contributed by atoms with Gasteiger partial charge in [-0.3, -0.25) is 4.79 Å². The molecule has 0 aliphatic rings. The van der Waals surface area contributed by atoms with Crippen molar-refractivity contribution in [3.05, 3.63) is 51.7 Å². The van der Waals surface area contributed by atoms with Crippen LogP contribution >= 0.6 is 11.3 Å². The van der Waals surface area contributed by atoms with Gasteiger partial charge in [0.25, 0.3) is 5.91 Å². The molecule has 5 nitrogen and oxygen atoms in total. The zero-order valence-electron chi connectivity index (χ0n) is 12.4. The number of rotatable bonds is 6. The lowest BCUT2D eigenvalue weighted by atomic mass is 10.2. The molecule has 0 bridgehead atoms. The van der Waals surface area contributed by atoms with Crippen LogP contribution in [-0.4, -0.2) is 27.1 Å². The molecule has 0 fully saturated rings. The Balaban J connectivity index is 1.94. The summed E-state index contributed by atoms with van der Waals surface area (Å²) in [7, 11) is -3.17. The van der Waals surface area contributed by atoms with Crippen LogP contribution < -0.4 is 10.0 Å². The van der Waals surface area contributed by atoms with E-state index in [-0.39, 0.29) is 5.91 Å². The van der Waals surface area contributed by atoms with Crippen LogP contribution in [0.25, 0.3) is 0 Å². The van der Waals surface area contributed by atoms with E-state index in [1.165, 1.54) is 11.3 Å². The number of thiophene rings is 1. The molecule has 0 saturated heterocycles. The number of amides is 1. The van der Waals surface area contributed by atoms with Crippen molar-refractivity contribution >= 4 is 33.0 Å². The van der Waals surface area contributed by atoms with Crippen molar-refractivity contribution in [2.24, 2.45) is 0 Å². The van der Waals surface area contributed by atoms with E-state index < -0.39 is 10.0 Å². The first kappa shape index (κ1) is 16.7. The molecule has 0 aliphatic carbocycles. The molecule has 2 aromatic rings. The second-order valence-corrected chi connectivity index (χ2v) is 8.01. The largest absolute Gasteiger partial charge is 0.321 e. The highest BCUT2D eigenvalue weighted by Gasteiger charge is 2.10. The number of anilines is 1. The molecule has 2 rings (SSSR count). The first-order valence-corrected chi connectivity index (χ1v) is 9.46. The van der Waals surface area contributed by atoms with Crippen LogP contribution in [0.2, 0.25) is 0 Å². The van der Waals surface area contributed by atoms with Gasteiger partial charge < -0.3 is 5.32 Å². The average molecular weight is 338 g/mol. The highest BCUT2D eigenvalue weighted by Crippen LogP contribution is 2.19. The van der Waals surface area contributed by atoms with Crippen molar-refractivity contribution in [3.63, 3.8) is 0 Å². The Bertz CT molecular complexity index is 767. The highest BCUT2D eigenvalue weighted by atomic mass is 32.2. The fraction of sp³-hybridized carbons (Fsp3) is 0.267. The molecule has 7 heteroatoms. The second kappa shape index (κ2) is 7.04. The Morgan fingerprint density at radius 2 is 2.00 bits per heavy atom. The van der Waals surface area contributed by atoms with E-state index in [0.717, 1.165) is 22.4 Å². The quantitative estimate of drug-likeness (QED) is 0.849. The van der Waals surface area contributed by atoms with Crippen molar-refractivity contribution in [3.8, 4) is 0 Å². The molecule has 22 heavy (non-hydrogen) atoms. The van der Waals surface area contributed by atoms with Crippen molar-refractivity contribution in [1.29, 1.82) is 0 Å². The number of aryl methyl sites for hydroxylation is 1. The van der Waals surface area contributed by atoms with Crippen molar-refractivity contribution in [2.45, 2.75) is 13.3 Å². The van der Waals surface area contributed by atoms with Crippen LogP contribution in [-0.2, 0) is 16.4 Å². The standard InChI is InChI=1S/C15H18N2O3S2/c1-11-4-3-5-12(10-11)17-15(18)14-7-6-13(21-14)8-9-16-22(2,19)20/h3-7,10,16H,8-9H2,1-2H3,(H,17,18). The monoisotopic (exact) mass is 338 g/mol. The topological polar surface area (TPSA) is 75.3 Å². The summed E-state index contributed by atoms with van der Waals surface area (Å²) >= 11 is 1.37. The summed E-state index contributed by atoms with van der Waals surface area (Å²) < 4.78 is 24.4. The molecule has 0 spiro atoms. The summed E-state index contributed by atoms with van der Waals surface area (Å²) in [5.41, 5.74) is 1.84. The van der Waals surface area contributed by atoms with Crippen LogP contribution in [0.5, 0.6) is 0 Å². The molecule has 1 amide bonds. The minimum absolute atomic E-state index is 0.155. The molecular formula is C15H18N2O3S2. The van der Waals surface area contributed by atoms with Crippen LogP contribution in [0.15, 0.2) is 36.4 Å². The van der Waals surface area contributed by atoms with Gasteiger partial charge in [0.2, 0.25) is 10.0 Å². The number of sulfonamides is 1. The number of carbonyl (C=O) groups is 1. The molecule has 1 aromatic heterocycles. The zero-order chi connectivity index (χ0) is 16.2. The third-order valence-electron chi connectivity index (χ3n) is 2.90.